The number of ether oxygens (including phenoxy) is 2. The number of halogens is 1. The average molecular weight is 623 g/mol. The lowest BCUT2D eigenvalue weighted by Crippen LogP contribution is -2.20. The molecule has 0 aliphatic rings. The summed E-state index contributed by atoms with van der Waals surface area (Å²) in [5.74, 6) is 0.0258. The summed E-state index contributed by atoms with van der Waals surface area (Å²) in [7, 11) is 0. The smallest absolute Gasteiger partial charge is 0.266 e. The number of nitrogens with zero attached hydrogens (tertiary/aromatic N) is 1. The Morgan fingerprint density at radius 2 is 1.74 bits per heavy atom. The molecular weight excluding hydrogens is 593 g/mol. The molecule has 0 atom stereocenters. The van der Waals surface area contributed by atoms with Crippen LogP contribution in [0.1, 0.15) is 34.7 Å². The SMILES string of the molecule is CCOc1cc(/C=C(/C#N)C(=O)Nc2cccc(C)c2C)cc(I)c1OCC(=O)Nc1ccc(C)c(C)c1. The Morgan fingerprint density at radius 3 is 2.42 bits per heavy atom. The molecule has 0 heterocycles. The molecule has 0 unspecified atom stereocenters. The van der Waals surface area contributed by atoms with E-state index in [1.54, 1.807) is 18.2 Å². The summed E-state index contributed by atoms with van der Waals surface area (Å²) < 4.78 is 12.3. The minimum Gasteiger partial charge on any atom is -0.490 e. The molecule has 0 radical (unpaired) electrons. The van der Waals surface area contributed by atoms with Crippen molar-refractivity contribution in [1.82, 2.24) is 0 Å². The molecule has 2 amide bonds. The van der Waals surface area contributed by atoms with Gasteiger partial charge in [-0.15, -0.1) is 0 Å². The first kappa shape index (κ1) is 28.7. The monoisotopic (exact) mass is 623 g/mol. The highest BCUT2D eigenvalue weighted by atomic mass is 127. The molecule has 38 heavy (non-hydrogen) atoms. The second-order valence-corrected chi connectivity index (χ2v) is 9.93. The van der Waals surface area contributed by atoms with Gasteiger partial charge >= 0.3 is 0 Å². The van der Waals surface area contributed by atoms with Gasteiger partial charge in [0.15, 0.2) is 18.1 Å². The van der Waals surface area contributed by atoms with Crippen LogP contribution in [0.2, 0.25) is 0 Å². The van der Waals surface area contributed by atoms with E-state index in [-0.39, 0.29) is 18.1 Å². The number of hydrogen-bond acceptors (Lipinski definition) is 5. The summed E-state index contributed by atoms with van der Waals surface area (Å²) in [5.41, 5.74) is 6.11. The average Bonchev–Trinajstić information content (AvgIpc) is 2.87. The van der Waals surface area contributed by atoms with Crippen LogP contribution in [0.4, 0.5) is 11.4 Å². The fourth-order valence-electron chi connectivity index (χ4n) is 3.62. The Bertz CT molecular complexity index is 1440. The van der Waals surface area contributed by atoms with Gasteiger partial charge in [-0.25, -0.2) is 0 Å². The van der Waals surface area contributed by atoms with Crippen LogP contribution in [0.3, 0.4) is 0 Å². The molecule has 0 bridgehead atoms. The summed E-state index contributed by atoms with van der Waals surface area (Å²) in [6.45, 7) is 9.87. The van der Waals surface area contributed by atoms with Crippen LogP contribution in [0.25, 0.3) is 6.08 Å². The molecule has 8 heteroatoms. The van der Waals surface area contributed by atoms with Gasteiger partial charge in [-0.3, -0.25) is 9.59 Å². The van der Waals surface area contributed by atoms with E-state index in [1.165, 1.54) is 6.08 Å². The van der Waals surface area contributed by atoms with Crippen molar-refractivity contribution in [2.75, 3.05) is 23.8 Å². The molecule has 0 fully saturated rings. The van der Waals surface area contributed by atoms with Crippen molar-refractivity contribution in [3.05, 3.63) is 85.5 Å². The summed E-state index contributed by atoms with van der Waals surface area (Å²) in [4.78, 5) is 25.4. The summed E-state index contributed by atoms with van der Waals surface area (Å²) >= 11 is 2.08. The second-order valence-electron chi connectivity index (χ2n) is 8.77. The van der Waals surface area contributed by atoms with Gasteiger partial charge in [0.1, 0.15) is 11.6 Å². The molecule has 0 saturated heterocycles. The van der Waals surface area contributed by atoms with Gasteiger partial charge in [0.25, 0.3) is 11.8 Å². The Hall–Kier alpha value is -3.84. The summed E-state index contributed by atoms with van der Waals surface area (Å²) in [6.07, 6.45) is 1.50. The van der Waals surface area contributed by atoms with E-state index in [1.807, 2.05) is 71.0 Å². The van der Waals surface area contributed by atoms with Crippen molar-refractivity contribution in [3.8, 4) is 17.6 Å². The van der Waals surface area contributed by atoms with Crippen LogP contribution in [0.5, 0.6) is 11.5 Å². The van der Waals surface area contributed by atoms with Gasteiger partial charge in [0, 0.05) is 11.4 Å². The van der Waals surface area contributed by atoms with Crippen molar-refractivity contribution >= 4 is 51.9 Å². The minimum absolute atomic E-state index is 0.0504. The summed E-state index contributed by atoms with van der Waals surface area (Å²) in [5, 5.41) is 15.3. The molecule has 7 nitrogen and oxygen atoms in total. The lowest BCUT2D eigenvalue weighted by Gasteiger charge is -2.15. The maximum Gasteiger partial charge on any atom is 0.266 e. The number of hydrogen-bond donors (Lipinski definition) is 2. The summed E-state index contributed by atoms with van der Waals surface area (Å²) in [6, 6.07) is 16.8. The van der Waals surface area contributed by atoms with E-state index in [2.05, 4.69) is 33.2 Å². The largest absolute Gasteiger partial charge is 0.490 e. The molecule has 3 rings (SSSR count). The zero-order valence-corrected chi connectivity index (χ0v) is 24.2. The number of rotatable bonds is 9. The number of carbonyl (C=O) groups is 2. The molecule has 0 spiro atoms. The Balaban J connectivity index is 1.78. The third-order valence-corrected chi connectivity index (χ3v) is 6.80. The maximum atomic E-state index is 12.8. The fraction of sp³-hybridized carbons (Fsp3) is 0.233. The third kappa shape index (κ3) is 7.35. The number of aryl methyl sites for hydroxylation is 3. The molecule has 0 aliphatic heterocycles. The van der Waals surface area contributed by atoms with E-state index in [9.17, 15) is 14.9 Å². The van der Waals surface area contributed by atoms with Crippen LogP contribution in [0, 0.1) is 42.6 Å². The number of amides is 2. The van der Waals surface area contributed by atoms with Crippen molar-refractivity contribution in [2.45, 2.75) is 34.6 Å². The highest BCUT2D eigenvalue weighted by molar-refractivity contribution is 14.1. The van der Waals surface area contributed by atoms with Crippen molar-refractivity contribution < 1.29 is 19.1 Å². The van der Waals surface area contributed by atoms with Crippen LogP contribution < -0.4 is 20.1 Å². The topological polar surface area (TPSA) is 100 Å². The van der Waals surface area contributed by atoms with Gasteiger partial charge in [0.2, 0.25) is 0 Å². The van der Waals surface area contributed by atoms with E-state index in [4.69, 9.17) is 9.47 Å². The van der Waals surface area contributed by atoms with Crippen LogP contribution in [-0.4, -0.2) is 25.0 Å². The standard InChI is InChI=1S/C30H30IN3O4/c1-6-37-27-15-22(13-23(16-32)30(36)34-26-9-7-8-19(3)21(26)5)14-25(31)29(27)38-17-28(35)33-24-11-10-18(2)20(4)12-24/h7-15H,6,17H2,1-5H3,(H,33,35)(H,34,36)/b23-13-. The van der Waals surface area contributed by atoms with E-state index < -0.39 is 5.91 Å². The second kappa shape index (κ2) is 13.1. The fourth-order valence-corrected chi connectivity index (χ4v) is 4.40. The number of carbonyl (C=O) groups excluding carboxylic acids is 2. The normalized spacial score (nSPS) is 10.9. The lowest BCUT2D eigenvalue weighted by atomic mass is 10.1. The van der Waals surface area contributed by atoms with Gasteiger partial charge in [-0.1, -0.05) is 18.2 Å². The predicted octanol–water partition coefficient (Wildman–Crippen LogP) is 6.49. The molecule has 0 saturated carbocycles. The van der Waals surface area contributed by atoms with Gasteiger partial charge in [-0.2, -0.15) is 5.26 Å². The van der Waals surface area contributed by atoms with Crippen LogP contribution in [-0.2, 0) is 9.59 Å². The number of nitriles is 1. The van der Waals surface area contributed by atoms with Crippen LogP contribution >= 0.6 is 22.6 Å². The van der Waals surface area contributed by atoms with Crippen molar-refractivity contribution in [3.63, 3.8) is 0 Å². The first-order valence-corrected chi connectivity index (χ1v) is 13.2. The van der Waals surface area contributed by atoms with Gasteiger partial charge < -0.3 is 20.1 Å². The number of nitrogens with one attached hydrogen (secondary N) is 2. The minimum atomic E-state index is -0.502. The molecule has 3 aromatic rings. The predicted molar refractivity (Wildman–Crippen MR) is 159 cm³/mol. The van der Waals surface area contributed by atoms with Crippen LogP contribution in [0.15, 0.2) is 54.1 Å². The van der Waals surface area contributed by atoms with E-state index >= 15 is 0 Å². The zero-order chi connectivity index (χ0) is 27.8. The van der Waals surface area contributed by atoms with Gasteiger partial charge in [0.05, 0.1) is 10.2 Å². The zero-order valence-electron chi connectivity index (χ0n) is 22.1. The highest BCUT2D eigenvalue weighted by Gasteiger charge is 2.16. The Labute approximate surface area is 237 Å². The third-order valence-electron chi connectivity index (χ3n) is 6.00. The molecular formula is C30H30IN3O4. The van der Waals surface area contributed by atoms with Gasteiger partial charge in [-0.05, 0) is 121 Å². The van der Waals surface area contributed by atoms with Crippen molar-refractivity contribution in [2.24, 2.45) is 0 Å². The Kier molecular flexibility index (Phi) is 9.91. The molecule has 0 aliphatic carbocycles. The molecule has 3 aromatic carbocycles. The number of anilines is 2. The lowest BCUT2D eigenvalue weighted by molar-refractivity contribution is -0.118. The highest BCUT2D eigenvalue weighted by Crippen LogP contribution is 2.35. The molecule has 2 N–H and O–H groups in total. The first-order chi connectivity index (χ1) is 18.1. The molecule has 196 valence electrons. The van der Waals surface area contributed by atoms with E-state index in [0.29, 0.717) is 38.6 Å². The quantitative estimate of drug-likeness (QED) is 0.161. The van der Waals surface area contributed by atoms with E-state index in [0.717, 1.165) is 22.3 Å². The van der Waals surface area contributed by atoms with Crippen molar-refractivity contribution in [1.29, 1.82) is 5.26 Å². The maximum absolute atomic E-state index is 12.8. The first-order valence-electron chi connectivity index (χ1n) is 12.1. The Morgan fingerprint density at radius 1 is 0.974 bits per heavy atom. The molecule has 0 aromatic heterocycles. The number of benzene rings is 3.